The molecule has 0 radical (unpaired) electrons. The summed E-state index contributed by atoms with van der Waals surface area (Å²) in [4.78, 5) is 17.2. The van der Waals surface area contributed by atoms with E-state index < -0.39 is 6.10 Å². The van der Waals surface area contributed by atoms with Gasteiger partial charge in [-0.3, -0.25) is 9.20 Å². The molecule has 5 heteroatoms. The van der Waals surface area contributed by atoms with Crippen molar-refractivity contribution in [2.75, 3.05) is 13.1 Å². The molecule has 20 heavy (non-hydrogen) atoms. The van der Waals surface area contributed by atoms with Crippen LogP contribution in [-0.2, 0) is 0 Å². The van der Waals surface area contributed by atoms with Gasteiger partial charge >= 0.3 is 0 Å². The van der Waals surface area contributed by atoms with Crippen LogP contribution in [0.3, 0.4) is 0 Å². The average Bonchev–Trinajstić information content (AvgIpc) is 2.47. The Balaban J connectivity index is 2.23. The highest BCUT2D eigenvalue weighted by Gasteiger charge is 2.25. The molecule has 3 heterocycles. The van der Waals surface area contributed by atoms with Crippen molar-refractivity contribution in [3.8, 4) is 0 Å². The van der Waals surface area contributed by atoms with Gasteiger partial charge in [0.15, 0.2) is 0 Å². The molecular weight excluding hydrogens is 254 g/mol. The van der Waals surface area contributed by atoms with Crippen molar-refractivity contribution >= 4 is 5.65 Å². The summed E-state index contributed by atoms with van der Waals surface area (Å²) < 4.78 is 1.51. The van der Waals surface area contributed by atoms with Crippen LogP contribution in [0.5, 0.6) is 0 Å². The molecule has 1 atom stereocenters. The largest absolute Gasteiger partial charge is 0.388 e. The van der Waals surface area contributed by atoms with Gasteiger partial charge in [0, 0.05) is 12.1 Å². The first-order valence-corrected chi connectivity index (χ1v) is 7.08. The SMILES string of the molecule is CC(O)c1c(C2CCNCC2)nc2ccccn2c1=O. The Labute approximate surface area is 117 Å². The summed E-state index contributed by atoms with van der Waals surface area (Å²) in [5.41, 5.74) is 1.72. The van der Waals surface area contributed by atoms with Crippen LogP contribution in [0.1, 0.15) is 43.0 Å². The van der Waals surface area contributed by atoms with Crippen molar-refractivity contribution in [1.82, 2.24) is 14.7 Å². The summed E-state index contributed by atoms with van der Waals surface area (Å²) in [5.74, 6) is 0.249. The molecule has 2 N–H and O–H groups in total. The molecule has 0 aliphatic carbocycles. The number of fused-ring (bicyclic) bond motifs is 1. The van der Waals surface area contributed by atoms with Crippen molar-refractivity contribution in [2.45, 2.75) is 31.8 Å². The van der Waals surface area contributed by atoms with E-state index in [1.54, 1.807) is 19.2 Å². The summed E-state index contributed by atoms with van der Waals surface area (Å²) in [6, 6.07) is 5.50. The van der Waals surface area contributed by atoms with Gasteiger partial charge in [0.1, 0.15) is 5.65 Å². The van der Waals surface area contributed by atoms with Crippen LogP contribution in [-0.4, -0.2) is 27.6 Å². The van der Waals surface area contributed by atoms with Crippen molar-refractivity contribution in [3.63, 3.8) is 0 Å². The molecule has 1 saturated heterocycles. The zero-order valence-corrected chi connectivity index (χ0v) is 11.5. The molecule has 1 aliphatic rings. The van der Waals surface area contributed by atoms with Crippen LogP contribution in [0.4, 0.5) is 0 Å². The lowest BCUT2D eigenvalue weighted by atomic mass is 9.90. The van der Waals surface area contributed by atoms with E-state index in [1.165, 1.54) is 4.40 Å². The Hall–Kier alpha value is -1.72. The summed E-state index contributed by atoms with van der Waals surface area (Å²) in [7, 11) is 0. The van der Waals surface area contributed by atoms with Gasteiger partial charge in [-0.15, -0.1) is 0 Å². The molecule has 106 valence electrons. The van der Waals surface area contributed by atoms with Gasteiger partial charge in [-0.05, 0) is 45.0 Å². The first-order valence-electron chi connectivity index (χ1n) is 7.08. The van der Waals surface area contributed by atoms with E-state index in [9.17, 15) is 9.90 Å². The molecule has 0 saturated carbocycles. The first-order chi connectivity index (χ1) is 9.68. The summed E-state index contributed by atoms with van der Waals surface area (Å²) in [6.07, 6.45) is 2.81. The summed E-state index contributed by atoms with van der Waals surface area (Å²) >= 11 is 0. The third-order valence-electron chi connectivity index (χ3n) is 3.94. The number of aliphatic hydroxyl groups is 1. The third kappa shape index (κ3) is 2.23. The molecule has 1 aliphatic heterocycles. The molecule has 5 nitrogen and oxygen atoms in total. The van der Waals surface area contributed by atoms with Crippen LogP contribution in [0.25, 0.3) is 5.65 Å². The second-order valence-electron chi connectivity index (χ2n) is 5.34. The highest BCUT2D eigenvalue weighted by Crippen LogP contribution is 2.28. The van der Waals surface area contributed by atoms with Crippen LogP contribution in [0.15, 0.2) is 29.2 Å². The highest BCUT2D eigenvalue weighted by molar-refractivity contribution is 5.42. The standard InChI is InChI=1S/C15H19N3O2/c1-10(19)13-14(11-5-7-16-8-6-11)17-12-4-2-3-9-18(12)15(13)20/h2-4,9-11,16,19H,5-8H2,1H3. The Morgan fingerprint density at radius 3 is 2.85 bits per heavy atom. The molecule has 3 rings (SSSR count). The average molecular weight is 273 g/mol. The lowest BCUT2D eigenvalue weighted by Gasteiger charge is -2.25. The van der Waals surface area contributed by atoms with E-state index in [0.717, 1.165) is 31.6 Å². The zero-order chi connectivity index (χ0) is 14.1. The maximum Gasteiger partial charge on any atom is 0.263 e. The van der Waals surface area contributed by atoms with Crippen LogP contribution in [0, 0.1) is 0 Å². The van der Waals surface area contributed by atoms with Gasteiger partial charge in [-0.25, -0.2) is 4.98 Å². The minimum absolute atomic E-state index is 0.154. The predicted octanol–water partition coefficient (Wildman–Crippen LogP) is 1.21. The molecule has 1 fully saturated rings. The fourth-order valence-electron chi connectivity index (χ4n) is 2.92. The Kier molecular flexibility index (Phi) is 3.54. The molecule has 0 aromatic carbocycles. The van der Waals surface area contributed by atoms with Gasteiger partial charge < -0.3 is 10.4 Å². The van der Waals surface area contributed by atoms with E-state index in [-0.39, 0.29) is 11.5 Å². The van der Waals surface area contributed by atoms with Gasteiger partial charge in [-0.2, -0.15) is 0 Å². The van der Waals surface area contributed by atoms with Crippen LogP contribution >= 0.6 is 0 Å². The predicted molar refractivity (Wildman–Crippen MR) is 76.9 cm³/mol. The smallest absolute Gasteiger partial charge is 0.263 e. The van der Waals surface area contributed by atoms with Gasteiger partial charge in [0.05, 0.1) is 17.4 Å². The quantitative estimate of drug-likeness (QED) is 0.863. The number of pyridine rings is 1. The van der Waals surface area contributed by atoms with Crippen molar-refractivity contribution < 1.29 is 5.11 Å². The monoisotopic (exact) mass is 273 g/mol. The fourth-order valence-corrected chi connectivity index (χ4v) is 2.92. The minimum Gasteiger partial charge on any atom is -0.388 e. The van der Waals surface area contributed by atoms with Crippen LogP contribution < -0.4 is 10.9 Å². The van der Waals surface area contributed by atoms with Gasteiger partial charge in [0.2, 0.25) is 0 Å². The number of hydrogen-bond donors (Lipinski definition) is 2. The minimum atomic E-state index is -0.794. The second kappa shape index (κ2) is 5.34. The molecular formula is C15H19N3O2. The lowest BCUT2D eigenvalue weighted by Crippen LogP contribution is -2.31. The van der Waals surface area contributed by atoms with Crippen molar-refractivity contribution in [3.05, 3.63) is 46.0 Å². The maximum absolute atomic E-state index is 12.6. The van der Waals surface area contributed by atoms with E-state index in [1.807, 2.05) is 12.1 Å². The summed E-state index contributed by atoms with van der Waals surface area (Å²) in [5, 5.41) is 13.3. The van der Waals surface area contributed by atoms with E-state index in [2.05, 4.69) is 10.3 Å². The Bertz CT molecular complexity index is 672. The number of rotatable bonds is 2. The van der Waals surface area contributed by atoms with E-state index >= 15 is 0 Å². The van der Waals surface area contributed by atoms with Gasteiger partial charge in [0.25, 0.3) is 5.56 Å². The fraction of sp³-hybridized carbons (Fsp3) is 0.467. The molecule has 0 bridgehead atoms. The zero-order valence-electron chi connectivity index (χ0n) is 11.5. The summed E-state index contributed by atoms with van der Waals surface area (Å²) in [6.45, 7) is 3.50. The lowest BCUT2D eigenvalue weighted by molar-refractivity contribution is 0.194. The number of piperidine rings is 1. The topological polar surface area (TPSA) is 66.6 Å². The highest BCUT2D eigenvalue weighted by atomic mass is 16.3. The van der Waals surface area contributed by atoms with E-state index in [4.69, 9.17) is 0 Å². The molecule has 0 amide bonds. The second-order valence-corrected chi connectivity index (χ2v) is 5.34. The molecule has 0 spiro atoms. The first kappa shape index (κ1) is 13.3. The molecule has 1 unspecified atom stereocenters. The Morgan fingerprint density at radius 2 is 2.15 bits per heavy atom. The molecule has 2 aromatic heterocycles. The normalized spacial score (nSPS) is 18.3. The van der Waals surface area contributed by atoms with Crippen molar-refractivity contribution in [1.29, 1.82) is 0 Å². The Morgan fingerprint density at radius 1 is 1.40 bits per heavy atom. The maximum atomic E-state index is 12.6. The number of aromatic nitrogens is 2. The van der Waals surface area contributed by atoms with Crippen molar-refractivity contribution in [2.24, 2.45) is 0 Å². The number of aliphatic hydroxyl groups excluding tert-OH is 1. The number of hydrogen-bond acceptors (Lipinski definition) is 4. The third-order valence-corrected chi connectivity index (χ3v) is 3.94. The number of nitrogens with one attached hydrogen (secondary N) is 1. The molecule has 2 aromatic rings. The van der Waals surface area contributed by atoms with Crippen LogP contribution in [0.2, 0.25) is 0 Å². The van der Waals surface area contributed by atoms with Gasteiger partial charge in [-0.1, -0.05) is 6.07 Å². The number of nitrogens with zero attached hydrogens (tertiary/aromatic N) is 2. The van der Waals surface area contributed by atoms with E-state index in [0.29, 0.717) is 11.2 Å².